The van der Waals surface area contributed by atoms with E-state index in [0.717, 1.165) is 0 Å². The van der Waals surface area contributed by atoms with E-state index in [4.69, 9.17) is 5.73 Å². The monoisotopic (exact) mass is 284 g/mol. The molecule has 1 fully saturated rings. The molecular formula is C12H16N2O4S. The van der Waals surface area contributed by atoms with Crippen molar-refractivity contribution in [2.75, 3.05) is 17.2 Å². The van der Waals surface area contributed by atoms with Crippen molar-refractivity contribution < 1.29 is 18.3 Å². The number of amides is 1. The molecule has 2 rings (SSSR count). The van der Waals surface area contributed by atoms with Gasteiger partial charge in [-0.1, -0.05) is 6.07 Å². The standard InChI is InChI=1S/C12H16N2O4S/c13-10-5-1-4-9(11(10)15)12(16)14-8-3-2-6-19(17,18)7-8/h1,4-5,8,15H,2-3,6-7,13H2,(H,14,16). The number of benzene rings is 1. The second-order valence-electron chi connectivity index (χ2n) is 4.67. The van der Waals surface area contributed by atoms with Crippen LogP contribution in [0.1, 0.15) is 23.2 Å². The molecule has 0 aromatic heterocycles. The van der Waals surface area contributed by atoms with Crippen LogP contribution in [-0.2, 0) is 9.84 Å². The SMILES string of the molecule is Nc1cccc(C(=O)NC2CCCS(=O)(=O)C2)c1O. The van der Waals surface area contributed by atoms with Crippen LogP contribution in [0.4, 0.5) is 5.69 Å². The van der Waals surface area contributed by atoms with Gasteiger partial charge in [0.1, 0.15) is 0 Å². The topological polar surface area (TPSA) is 109 Å². The highest BCUT2D eigenvalue weighted by atomic mass is 32.2. The molecule has 1 aromatic carbocycles. The molecule has 0 saturated carbocycles. The number of nitrogens with two attached hydrogens (primary N) is 1. The Morgan fingerprint density at radius 2 is 2.16 bits per heavy atom. The zero-order valence-electron chi connectivity index (χ0n) is 10.3. The molecular weight excluding hydrogens is 268 g/mol. The number of phenolic OH excluding ortho intramolecular Hbond substituents is 1. The Labute approximate surface area is 111 Å². The highest BCUT2D eigenvalue weighted by molar-refractivity contribution is 7.91. The molecule has 1 saturated heterocycles. The number of aromatic hydroxyl groups is 1. The summed E-state index contributed by atoms with van der Waals surface area (Å²) >= 11 is 0. The molecule has 1 atom stereocenters. The van der Waals surface area contributed by atoms with Crippen LogP contribution in [0.2, 0.25) is 0 Å². The molecule has 1 aliphatic heterocycles. The summed E-state index contributed by atoms with van der Waals surface area (Å²) in [6.07, 6.45) is 1.16. The van der Waals surface area contributed by atoms with E-state index in [1.165, 1.54) is 12.1 Å². The number of sulfone groups is 1. The number of rotatable bonds is 2. The number of carbonyl (C=O) groups is 1. The molecule has 1 heterocycles. The van der Waals surface area contributed by atoms with E-state index in [-0.39, 0.29) is 28.5 Å². The van der Waals surface area contributed by atoms with Crippen molar-refractivity contribution in [3.8, 4) is 5.75 Å². The molecule has 4 N–H and O–H groups in total. The second kappa shape index (κ2) is 5.08. The summed E-state index contributed by atoms with van der Waals surface area (Å²) in [4.78, 5) is 12.0. The summed E-state index contributed by atoms with van der Waals surface area (Å²) in [5.41, 5.74) is 5.68. The summed E-state index contributed by atoms with van der Waals surface area (Å²) < 4.78 is 23.0. The second-order valence-corrected chi connectivity index (χ2v) is 6.90. The molecule has 1 unspecified atom stereocenters. The van der Waals surface area contributed by atoms with Crippen LogP contribution in [0.25, 0.3) is 0 Å². The van der Waals surface area contributed by atoms with Crippen LogP contribution in [0.5, 0.6) is 5.75 Å². The Morgan fingerprint density at radius 1 is 1.42 bits per heavy atom. The van der Waals surface area contributed by atoms with Crippen molar-refractivity contribution in [3.05, 3.63) is 23.8 Å². The average Bonchev–Trinajstić information content (AvgIpc) is 2.31. The largest absolute Gasteiger partial charge is 0.505 e. The number of hydrogen-bond donors (Lipinski definition) is 3. The molecule has 19 heavy (non-hydrogen) atoms. The first-order chi connectivity index (χ1) is 8.89. The van der Waals surface area contributed by atoms with Gasteiger partial charge in [0.25, 0.3) is 5.91 Å². The van der Waals surface area contributed by atoms with Gasteiger partial charge in [0.15, 0.2) is 15.6 Å². The number of nitrogens with one attached hydrogen (secondary N) is 1. The van der Waals surface area contributed by atoms with Gasteiger partial charge in [-0.25, -0.2) is 8.42 Å². The lowest BCUT2D eigenvalue weighted by Crippen LogP contribution is -2.43. The lowest BCUT2D eigenvalue weighted by Gasteiger charge is -2.23. The molecule has 104 valence electrons. The Balaban J connectivity index is 2.11. The number of nitrogen functional groups attached to an aromatic ring is 1. The number of anilines is 1. The lowest BCUT2D eigenvalue weighted by atomic mass is 10.1. The molecule has 0 radical (unpaired) electrons. The van der Waals surface area contributed by atoms with Gasteiger partial charge in [-0.2, -0.15) is 0 Å². The first-order valence-electron chi connectivity index (χ1n) is 5.98. The highest BCUT2D eigenvalue weighted by Crippen LogP contribution is 2.24. The summed E-state index contributed by atoms with van der Waals surface area (Å²) in [5.74, 6) is -0.671. The summed E-state index contributed by atoms with van der Waals surface area (Å²) in [7, 11) is -3.08. The number of phenols is 1. The third-order valence-corrected chi connectivity index (χ3v) is 4.93. The van der Waals surface area contributed by atoms with E-state index in [1.54, 1.807) is 6.07 Å². The van der Waals surface area contributed by atoms with Gasteiger partial charge >= 0.3 is 0 Å². The van der Waals surface area contributed by atoms with E-state index >= 15 is 0 Å². The fraction of sp³-hybridized carbons (Fsp3) is 0.417. The maximum atomic E-state index is 12.0. The van der Waals surface area contributed by atoms with Crippen LogP contribution >= 0.6 is 0 Å². The number of para-hydroxylation sites is 1. The van der Waals surface area contributed by atoms with Crippen LogP contribution in [0.15, 0.2) is 18.2 Å². The van der Waals surface area contributed by atoms with Gasteiger partial charge in [-0.05, 0) is 25.0 Å². The van der Waals surface area contributed by atoms with Crippen LogP contribution in [0.3, 0.4) is 0 Å². The Kier molecular flexibility index (Phi) is 3.66. The molecule has 0 bridgehead atoms. The summed E-state index contributed by atoms with van der Waals surface area (Å²) in [6, 6.07) is 4.07. The van der Waals surface area contributed by atoms with Crippen molar-refractivity contribution in [1.82, 2.24) is 5.32 Å². The number of hydrogen-bond acceptors (Lipinski definition) is 5. The van der Waals surface area contributed by atoms with Gasteiger partial charge in [0.2, 0.25) is 0 Å². The third kappa shape index (κ3) is 3.17. The predicted octanol–water partition coefficient (Wildman–Crippen LogP) is 0.281. The van der Waals surface area contributed by atoms with Crippen molar-refractivity contribution in [3.63, 3.8) is 0 Å². The van der Waals surface area contributed by atoms with E-state index in [1.807, 2.05) is 0 Å². The minimum atomic E-state index is -3.08. The van der Waals surface area contributed by atoms with Gasteiger partial charge in [0, 0.05) is 6.04 Å². The zero-order valence-corrected chi connectivity index (χ0v) is 11.1. The van der Waals surface area contributed by atoms with Gasteiger partial charge in [-0.15, -0.1) is 0 Å². The quantitative estimate of drug-likeness (QED) is 0.534. The normalized spacial score (nSPS) is 21.8. The predicted molar refractivity (Wildman–Crippen MR) is 71.7 cm³/mol. The van der Waals surface area contributed by atoms with Crippen molar-refractivity contribution in [2.24, 2.45) is 0 Å². The van der Waals surface area contributed by atoms with Gasteiger partial charge in [0.05, 0.1) is 22.8 Å². The molecule has 0 spiro atoms. The van der Waals surface area contributed by atoms with E-state index in [2.05, 4.69) is 5.32 Å². The van der Waals surface area contributed by atoms with E-state index in [9.17, 15) is 18.3 Å². The fourth-order valence-electron chi connectivity index (χ4n) is 2.14. The van der Waals surface area contributed by atoms with Crippen LogP contribution in [0, 0.1) is 0 Å². The first-order valence-corrected chi connectivity index (χ1v) is 7.80. The van der Waals surface area contributed by atoms with Crippen molar-refractivity contribution in [2.45, 2.75) is 18.9 Å². The van der Waals surface area contributed by atoms with Crippen LogP contribution in [-0.4, -0.2) is 37.0 Å². The summed E-state index contributed by atoms with van der Waals surface area (Å²) in [6.45, 7) is 0. The lowest BCUT2D eigenvalue weighted by molar-refractivity contribution is 0.0935. The molecule has 7 heteroatoms. The van der Waals surface area contributed by atoms with Crippen molar-refractivity contribution in [1.29, 1.82) is 0 Å². The minimum Gasteiger partial charge on any atom is -0.505 e. The first kappa shape index (κ1) is 13.7. The average molecular weight is 284 g/mol. The van der Waals surface area contributed by atoms with Gasteiger partial charge < -0.3 is 16.2 Å². The Morgan fingerprint density at radius 3 is 2.84 bits per heavy atom. The van der Waals surface area contributed by atoms with Gasteiger partial charge in [-0.3, -0.25) is 4.79 Å². The maximum Gasteiger partial charge on any atom is 0.255 e. The molecule has 1 aromatic rings. The smallest absolute Gasteiger partial charge is 0.255 e. The van der Waals surface area contributed by atoms with Crippen molar-refractivity contribution >= 4 is 21.4 Å². The number of carbonyl (C=O) groups excluding carboxylic acids is 1. The highest BCUT2D eigenvalue weighted by Gasteiger charge is 2.26. The fourth-order valence-corrected chi connectivity index (χ4v) is 3.78. The molecule has 0 aliphatic carbocycles. The van der Waals surface area contributed by atoms with E-state index < -0.39 is 21.8 Å². The third-order valence-electron chi connectivity index (χ3n) is 3.11. The minimum absolute atomic E-state index is 0.0538. The molecule has 1 amide bonds. The Bertz CT molecular complexity index is 598. The Hall–Kier alpha value is -1.76. The molecule has 1 aliphatic rings. The van der Waals surface area contributed by atoms with E-state index in [0.29, 0.717) is 12.8 Å². The van der Waals surface area contributed by atoms with Crippen LogP contribution < -0.4 is 11.1 Å². The molecule has 6 nitrogen and oxygen atoms in total. The maximum absolute atomic E-state index is 12.0. The summed E-state index contributed by atoms with van der Waals surface area (Å²) in [5, 5.41) is 12.3. The zero-order chi connectivity index (χ0) is 14.0.